The first kappa shape index (κ1) is 15.8. The van der Waals surface area contributed by atoms with E-state index in [-0.39, 0.29) is 11.9 Å². The molecule has 114 valence electrons. The average molecular weight is 308 g/mol. The van der Waals surface area contributed by atoms with E-state index in [4.69, 9.17) is 10.8 Å². The molecule has 1 aromatic heterocycles. The van der Waals surface area contributed by atoms with Crippen molar-refractivity contribution in [2.45, 2.75) is 25.4 Å². The molecule has 0 fully saturated rings. The molecule has 2 rings (SSSR count). The van der Waals surface area contributed by atoms with E-state index in [1.165, 1.54) is 11.3 Å². The number of nitrogens with zero attached hydrogens (tertiary/aromatic N) is 3. The van der Waals surface area contributed by atoms with Crippen molar-refractivity contribution in [1.82, 2.24) is 9.88 Å². The fourth-order valence-corrected chi connectivity index (χ4v) is 2.94. The molecule has 7 heteroatoms. The Balaban J connectivity index is 2.04. The summed E-state index contributed by atoms with van der Waals surface area (Å²) >= 11 is 1.36. The summed E-state index contributed by atoms with van der Waals surface area (Å²) in [5.74, 6) is -0.988. The van der Waals surface area contributed by atoms with Crippen molar-refractivity contribution < 1.29 is 9.90 Å². The zero-order valence-corrected chi connectivity index (χ0v) is 12.8. The number of nitrogens with two attached hydrogens (primary N) is 1. The number of carboxylic acids is 1. The summed E-state index contributed by atoms with van der Waals surface area (Å²) in [6, 6.07) is 0. The average Bonchev–Trinajstić information content (AvgIpc) is 2.97. The zero-order valence-electron chi connectivity index (χ0n) is 12.0. The monoisotopic (exact) mass is 308 g/mol. The van der Waals surface area contributed by atoms with Gasteiger partial charge in [-0.2, -0.15) is 0 Å². The van der Waals surface area contributed by atoms with Crippen LogP contribution in [0.4, 0.5) is 0 Å². The van der Waals surface area contributed by atoms with E-state index in [0.29, 0.717) is 13.0 Å². The smallest absolute Gasteiger partial charge is 0.355 e. The van der Waals surface area contributed by atoms with Gasteiger partial charge in [-0.25, -0.2) is 9.78 Å². The Morgan fingerprint density at radius 3 is 3.05 bits per heavy atom. The second kappa shape index (κ2) is 7.44. The van der Waals surface area contributed by atoms with Gasteiger partial charge in [0.05, 0.1) is 0 Å². The standard InChI is InChI=1S/C14H20N4O2S/c1-18(7-3-2-5-15)12-8-10(4-6-16-12)13-17-11(9-21-13)14(19)20/h6,8-9,12H,2-5,7,15H2,1H3,(H,19,20). The third-order valence-electron chi connectivity index (χ3n) is 3.33. The normalized spacial score (nSPS) is 18.0. The van der Waals surface area contributed by atoms with Gasteiger partial charge in [-0.05, 0) is 38.1 Å². The molecule has 1 aliphatic heterocycles. The van der Waals surface area contributed by atoms with E-state index in [0.717, 1.165) is 30.0 Å². The topological polar surface area (TPSA) is 91.8 Å². The minimum atomic E-state index is -0.988. The second-order valence-electron chi connectivity index (χ2n) is 4.96. The highest BCUT2D eigenvalue weighted by Crippen LogP contribution is 2.25. The van der Waals surface area contributed by atoms with Crippen LogP contribution in [0.2, 0.25) is 0 Å². The predicted molar refractivity (Wildman–Crippen MR) is 84.9 cm³/mol. The number of hydrogen-bond acceptors (Lipinski definition) is 6. The molecule has 0 bridgehead atoms. The molecule has 0 amide bonds. The molecule has 3 N–H and O–H groups in total. The minimum Gasteiger partial charge on any atom is -0.476 e. The van der Waals surface area contributed by atoms with Crippen LogP contribution in [0.1, 0.15) is 34.8 Å². The summed E-state index contributed by atoms with van der Waals surface area (Å²) in [6.07, 6.45) is 6.67. The number of aromatic nitrogens is 1. The Hall–Kier alpha value is -1.57. The number of rotatable bonds is 7. The number of unbranched alkanes of at least 4 members (excludes halogenated alkanes) is 1. The van der Waals surface area contributed by atoms with Crippen LogP contribution in [-0.2, 0) is 0 Å². The first-order valence-electron chi connectivity index (χ1n) is 6.93. The van der Waals surface area contributed by atoms with Crippen LogP contribution in [0.3, 0.4) is 0 Å². The van der Waals surface area contributed by atoms with Crippen LogP contribution >= 0.6 is 11.3 Å². The highest BCUT2D eigenvalue weighted by Gasteiger charge is 2.18. The Bertz CT molecular complexity index is 553. The lowest BCUT2D eigenvalue weighted by molar-refractivity contribution is 0.0691. The Morgan fingerprint density at radius 1 is 1.57 bits per heavy atom. The number of carbonyl (C=O) groups is 1. The van der Waals surface area contributed by atoms with E-state index in [1.807, 2.05) is 13.3 Å². The molecule has 0 spiro atoms. The molecule has 0 radical (unpaired) electrons. The molecule has 1 atom stereocenters. The molecule has 1 aliphatic rings. The zero-order chi connectivity index (χ0) is 15.2. The van der Waals surface area contributed by atoms with Gasteiger partial charge >= 0.3 is 5.97 Å². The number of thiazole rings is 1. The number of dihydropyridines is 1. The first-order chi connectivity index (χ1) is 10.1. The van der Waals surface area contributed by atoms with Crippen LogP contribution in [-0.4, -0.2) is 53.5 Å². The Morgan fingerprint density at radius 2 is 2.38 bits per heavy atom. The fourth-order valence-electron chi connectivity index (χ4n) is 2.11. The molecule has 0 saturated carbocycles. The van der Waals surface area contributed by atoms with E-state index in [2.05, 4.69) is 21.0 Å². The van der Waals surface area contributed by atoms with Gasteiger partial charge < -0.3 is 10.8 Å². The Kier molecular flexibility index (Phi) is 5.60. The highest BCUT2D eigenvalue weighted by molar-refractivity contribution is 7.11. The third kappa shape index (κ3) is 4.20. The lowest BCUT2D eigenvalue weighted by atomic mass is 10.1. The number of aliphatic imine (C=N–C) groups is 1. The van der Waals surface area contributed by atoms with Gasteiger partial charge in [0.25, 0.3) is 0 Å². The molecule has 6 nitrogen and oxygen atoms in total. The number of aromatic carboxylic acids is 1. The molecule has 2 heterocycles. The molecule has 0 aromatic carbocycles. The lowest BCUT2D eigenvalue weighted by Gasteiger charge is -2.25. The van der Waals surface area contributed by atoms with Gasteiger partial charge in [0.1, 0.15) is 11.2 Å². The van der Waals surface area contributed by atoms with Crippen LogP contribution < -0.4 is 5.73 Å². The molecule has 0 aliphatic carbocycles. The summed E-state index contributed by atoms with van der Waals surface area (Å²) in [7, 11) is 2.03. The number of carboxylic acid groups (broad SMARTS) is 1. The maximum absolute atomic E-state index is 10.9. The second-order valence-corrected chi connectivity index (χ2v) is 5.82. The van der Waals surface area contributed by atoms with Gasteiger partial charge in [0.15, 0.2) is 5.69 Å². The molecular formula is C14H20N4O2S. The van der Waals surface area contributed by atoms with E-state index in [9.17, 15) is 4.79 Å². The first-order valence-corrected chi connectivity index (χ1v) is 7.81. The van der Waals surface area contributed by atoms with Crippen molar-refractivity contribution in [2.24, 2.45) is 10.7 Å². The summed E-state index contributed by atoms with van der Waals surface area (Å²) < 4.78 is 0. The number of likely N-dealkylation sites (N-methyl/N-ethyl adjacent to an activating group) is 1. The van der Waals surface area contributed by atoms with Gasteiger partial charge in [-0.15, -0.1) is 11.3 Å². The molecular weight excluding hydrogens is 288 g/mol. The number of allylic oxidation sites excluding steroid dienone is 1. The summed E-state index contributed by atoms with van der Waals surface area (Å²) in [6.45, 7) is 1.64. The van der Waals surface area contributed by atoms with Crippen molar-refractivity contribution in [1.29, 1.82) is 0 Å². The van der Waals surface area contributed by atoms with Crippen molar-refractivity contribution in [3.63, 3.8) is 0 Å². The molecule has 0 saturated heterocycles. The predicted octanol–water partition coefficient (Wildman–Crippen LogP) is 1.70. The quantitative estimate of drug-likeness (QED) is 0.748. The fraction of sp³-hybridized carbons (Fsp3) is 0.500. The van der Waals surface area contributed by atoms with Crippen LogP contribution in [0.15, 0.2) is 16.4 Å². The maximum Gasteiger partial charge on any atom is 0.355 e. The van der Waals surface area contributed by atoms with E-state index >= 15 is 0 Å². The lowest BCUT2D eigenvalue weighted by Crippen LogP contribution is -2.31. The van der Waals surface area contributed by atoms with E-state index in [1.54, 1.807) is 5.38 Å². The maximum atomic E-state index is 10.9. The van der Waals surface area contributed by atoms with Crippen LogP contribution in [0, 0.1) is 0 Å². The van der Waals surface area contributed by atoms with Crippen LogP contribution in [0.5, 0.6) is 0 Å². The summed E-state index contributed by atoms with van der Waals surface area (Å²) in [5, 5.41) is 11.3. The highest BCUT2D eigenvalue weighted by atomic mass is 32.1. The number of hydrogen-bond donors (Lipinski definition) is 2. The molecule has 1 aromatic rings. The van der Waals surface area contributed by atoms with Gasteiger partial charge in [-0.3, -0.25) is 9.89 Å². The van der Waals surface area contributed by atoms with Gasteiger partial charge in [0, 0.05) is 24.6 Å². The summed E-state index contributed by atoms with van der Waals surface area (Å²) in [5.41, 5.74) is 6.65. The van der Waals surface area contributed by atoms with Gasteiger partial charge in [0.2, 0.25) is 0 Å². The SMILES string of the molecule is CN(CCCCN)C1C=C(c2nc(C(=O)O)cs2)CC=N1. The van der Waals surface area contributed by atoms with Gasteiger partial charge in [-0.1, -0.05) is 0 Å². The minimum absolute atomic E-state index is 0.0105. The van der Waals surface area contributed by atoms with Crippen molar-refractivity contribution >= 4 is 29.1 Å². The molecule has 1 unspecified atom stereocenters. The van der Waals surface area contributed by atoms with Crippen molar-refractivity contribution in [3.05, 3.63) is 22.2 Å². The largest absolute Gasteiger partial charge is 0.476 e. The van der Waals surface area contributed by atoms with Crippen molar-refractivity contribution in [2.75, 3.05) is 20.1 Å². The third-order valence-corrected chi connectivity index (χ3v) is 4.25. The summed E-state index contributed by atoms with van der Waals surface area (Å²) in [4.78, 5) is 21.7. The van der Waals surface area contributed by atoms with Crippen LogP contribution in [0.25, 0.3) is 5.57 Å². The van der Waals surface area contributed by atoms with E-state index < -0.39 is 5.97 Å². The Labute approximate surface area is 128 Å². The molecule has 21 heavy (non-hydrogen) atoms. The van der Waals surface area contributed by atoms with Crippen molar-refractivity contribution in [3.8, 4) is 0 Å².